The lowest BCUT2D eigenvalue weighted by molar-refractivity contribution is -0.137. The molecule has 2 N–H and O–H groups in total. The van der Waals surface area contributed by atoms with Gasteiger partial charge in [-0.15, -0.1) is 0 Å². The Balaban J connectivity index is 1.93. The molecule has 0 fully saturated rings. The maximum absolute atomic E-state index is 13.5. The molecule has 1 amide bonds. The molecule has 0 radical (unpaired) electrons. The number of rotatable bonds is 10. The summed E-state index contributed by atoms with van der Waals surface area (Å²) in [5.74, 6) is 0.286. The van der Waals surface area contributed by atoms with E-state index in [0.29, 0.717) is 35.5 Å². The Morgan fingerprint density at radius 1 is 0.889 bits per heavy atom. The van der Waals surface area contributed by atoms with Crippen molar-refractivity contribution >= 4 is 5.91 Å². The molecule has 0 aromatic heterocycles. The number of hydrogen-bond acceptors (Lipinski definition) is 4. The Bertz CT molecular complexity index is 1150. The summed E-state index contributed by atoms with van der Waals surface area (Å²) in [4.78, 5) is 12.8. The first-order valence-electron chi connectivity index (χ1n) is 11.3. The summed E-state index contributed by atoms with van der Waals surface area (Å²) >= 11 is 0. The normalized spacial score (nSPS) is 13.1. The van der Waals surface area contributed by atoms with Crippen LogP contribution in [0.25, 0.3) is 0 Å². The Labute approximate surface area is 207 Å². The Morgan fingerprint density at radius 3 is 2.06 bits per heavy atom. The molecule has 0 saturated carbocycles. The molecule has 0 heterocycles. The van der Waals surface area contributed by atoms with Gasteiger partial charge >= 0.3 is 6.18 Å². The van der Waals surface area contributed by atoms with Gasteiger partial charge in [0.2, 0.25) is 5.91 Å². The van der Waals surface area contributed by atoms with Crippen molar-refractivity contribution in [3.63, 3.8) is 0 Å². The molecular weight excluding hydrogens is 476 g/mol. The first-order chi connectivity index (χ1) is 17.2. The molecule has 3 aromatic rings. The molecule has 0 spiro atoms. The van der Waals surface area contributed by atoms with Gasteiger partial charge in [-0.3, -0.25) is 10.1 Å². The molecule has 0 saturated heterocycles. The van der Waals surface area contributed by atoms with Crippen molar-refractivity contribution < 1.29 is 31.8 Å². The SMILES string of the molecule is CNC(=O)[C@H](N[C@@H](CCc1ccc(C(F)(F)F)cc1)c1ccc(OC)c(OC)c1)c1ccc(F)cc1. The van der Waals surface area contributed by atoms with Crippen LogP contribution in [0.2, 0.25) is 0 Å². The fraction of sp³-hybridized carbons (Fsp3) is 0.296. The minimum atomic E-state index is -4.40. The smallest absolute Gasteiger partial charge is 0.416 e. The van der Waals surface area contributed by atoms with Gasteiger partial charge in [0.25, 0.3) is 0 Å². The quantitative estimate of drug-likeness (QED) is 0.352. The number of benzene rings is 3. The number of methoxy groups -OCH3 is 2. The van der Waals surface area contributed by atoms with E-state index in [-0.39, 0.29) is 5.91 Å². The Kier molecular flexibility index (Phi) is 8.93. The number of carbonyl (C=O) groups is 1. The first-order valence-corrected chi connectivity index (χ1v) is 11.3. The van der Waals surface area contributed by atoms with E-state index in [0.717, 1.165) is 17.7 Å². The lowest BCUT2D eigenvalue weighted by atomic mass is 9.95. The molecule has 3 rings (SSSR count). The maximum atomic E-state index is 13.5. The van der Waals surface area contributed by atoms with Crippen molar-refractivity contribution in [3.05, 3.63) is 94.8 Å². The van der Waals surface area contributed by atoms with Crippen LogP contribution < -0.4 is 20.1 Å². The van der Waals surface area contributed by atoms with Crippen molar-refractivity contribution in [1.29, 1.82) is 0 Å². The van der Waals surface area contributed by atoms with E-state index >= 15 is 0 Å². The number of hydrogen-bond donors (Lipinski definition) is 2. The first kappa shape index (κ1) is 27.0. The zero-order valence-corrected chi connectivity index (χ0v) is 20.2. The van der Waals surface area contributed by atoms with Crippen LogP contribution in [0.15, 0.2) is 66.7 Å². The third kappa shape index (κ3) is 6.75. The van der Waals surface area contributed by atoms with Crippen molar-refractivity contribution in [3.8, 4) is 11.5 Å². The second-order valence-corrected chi connectivity index (χ2v) is 8.17. The predicted molar refractivity (Wildman–Crippen MR) is 128 cm³/mol. The summed E-state index contributed by atoms with van der Waals surface area (Å²) in [6, 6.07) is 14.8. The highest BCUT2D eigenvalue weighted by Crippen LogP contribution is 2.33. The van der Waals surface area contributed by atoms with Crippen LogP contribution in [0.5, 0.6) is 11.5 Å². The topological polar surface area (TPSA) is 59.6 Å². The summed E-state index contributed by atoms with van der Waals surface area (Å²) in [5, 5.41) is 5.96. The lowest BCUT2D eigenvalue weighted by Crippen LogP contribution is -2.38. The average Bonchev–Trinajstić information content (AvgIpc) is 2.88. The number of likely N-dealkylation sites (N-methyl/N-ethyl adjacent to an activating group) is 1. The van der Waals surface area contributed by atoms with E-state index in [1.165, 1.54) is 57.7 Å². The molecule has 192 valence electrons. The van der Waals surface area contributed by atoms with Crippen molar-refractivity contribution in [2.75, 3.05) is 21.3 Å². The van der Waals surface area contributed by atoms with E-state index < -0.39 is 29.6 Å². The van der Waals surface area contributed by atoms with E-state index in [4.69, 9.17) is 9.47 Å². The van der Waals surface area contributed by atoms with Gasteiger partial charge in [0, 0.05) is 13.1 Å². The minimum Gasteiger partial charge on any atom is -0.493 e. The fourth-order valence-corrected chi connectivity index (χ4v) is 3.91. The molecule has 9 heteroatoms. The van der Waals surface area contributed by atoms with Crippen LogP contribution in [-0.4, -0.2) is 27.2 Å². The number of carbonyl (C=O) groups excluding carboxylic acids is 1. The molecule has 0 aliphatic carbocycles. The van der Waals surface area contributed by atoms with E-state index in [9.17, 15) is 22.4 Å². The Hall–Kier alpha value is -3.59. The van der Waals surface area contributed by atoms with E-state index in [2.05, 4.69) is 10.6 Å². The number of alkyl halides is 3. The van der Waals surface area contributed by atoms with Gasteiger partial charge < -0.3 is 14.8 Å². The largest absolute Gasteiger partial charge is 0.493 e. The van der Waals surface area contributed by atoms with E-state index in [1.807, 2.05) is 6.07 Å². The highest BCUT2D eigenvalue weighted by molar-refractivity contribution is 5.83. The summed E-state index contributed by atoms with van der Waals surface area (Å²) in [5.41, 5.74) is 1.36. The summed E-state index contributed by atoms with van der Waals surface area (Å²) in [6.45, 7) is 0. The third-order valence-corrected chi connectivity index (χ3v) is 5.89. The monoisotopic (exact) mass is 504 g/mol. The van der Waals surface area contributed by atoms with Gasteiger partial charge in [0.15, 0.2) is 11.5 Å². The molecule has 5 nitrogen and oxygen atoms in total. The van der Waals surface area contributed by atoms with Crippen LogP contribution in [-0.2, 0) is 17.4 Å². The standard InChI is InChI=1S/C27H28F4N2O3/c1-32-26(34)25(18-7-12-21(28)13-8-18)33-22(19-9-15-23(35-2)24(16-19)36-3)14-6-17-4-10-20(11-5-17)27(29,30)31/h4-5,7-13,15-16,22,25,33H,6,14H2,1-3H3,(H,32,34)/t22-,25+/m0/s1. The predicted octanol–water partition coefficient (Wildman–Crippen LogP) is 5.61. The average molecular weight is 505 g/mol. The zero-order chi connectivity index (χ0) is 26.3. The highest BCUT2D eigenvalue weighted by atomic mass is 19.4. The van der Waals surface area contributed by atoms with Crippen LogP contribution >= 0.6 is 0 Å². The number of amides is 1. The molecule has 0 unspecified atom stereocenters. The second kappa shape index (κ2) is 11.9. The highest BCUT2D eigenvalue weighted by Gasteiger charge is 2.30. The van der Waals surface area contributed by atoms with Crippen molar-refractivity contribution in [2.45, 2.75) is 31.1 Å². The van der Waals surface area contributed by atoms with Crippen LogP contribution in [0, 0.1) is 5.82 Å². The number of nitrogens with one attached hydrogen (secondary N) is 2. The van der Waals surface area contributed by atoms with Gasteiger partial charge in [-0.25, -0.2) is 4.39 Å². The minimum absolute atomic E-state index is 0.318. The lowest BCUT2D eigenvalue weighted by Gasteiger charge is -2.26. The van der Waals surface area contributed by atoms with Gasteiger partial charge in [-0.1, -0.05) is 30.3 Å². The molecule has 2 atom stereocenters. The Morgan fingerprint density at radius 2 is 1.50 bits per heavy atom. The van der Waals surface area contributed by atoms with Gasteiger partial charge in [-0.05, 0) is 65.9 Å². The van der Waals surface area contributed by atoms with Gasteiger partial charge in [0.1, 0.15) is 11.9 Å². The van der Waals surface area contributed by atoms with E-state index in [1.54, 1.807) is 12.1 Å². The number of halogens is 4. The second-order valence-electron chi connectivity index (χ2n) is 8.17. The molecule has 0 aliphatic heterocycles. The van der Waals surface area contributed by atoms with Crippen molar-refractivity contribution in [2.24, 2.45) is 0 Å². The summed E-state index contributed by atoms with van der Waals surface area (Å²) < 4.78 is 63.1. The maximum Gasteiger partial charge on any atom is 0.416 e. The fourth-order valence-electron chi connectivity index (χ4n) is 3.91. The summed E-state index contributed by atoms with van der Waals surface area (Å²) in [7, 11) is 4.54. The molecule has 0 aliphatic rings. The van der Waals surface area contributed by atoms with Crippen LogP contribution in [0.1, 0.15) is 40.8 Å². The van der Waals surface area contributed by atoms with Crippen LogP contribution in [0.3, 0.4) is 0 Å². The molecule has 36 heavy (non-hydrogen) atoms. The molecule has 3 aromatic carbocycles. The molecule has 0 bridgehead atoms. The summed E-state index contributed by atoms with van der Waals surface area (Å²) in [6.07, 6.45) is -3.51. The molecular formula is C27H28F4N2O3. The van der Waals surface area contributed by atoms with Gasteiger partial charge in [0.05, 0.1) is 19.8 Å². The third-order valence-electron chi connectivity index (χ3n) is 5.89. The number of aryl methyl sites for hydroxylation is 1. The van der Waals surface area contributed by atoms with Gasteiger partial charge in [-0.2, -0.15) is 13.2 Å². The van der Waals surface area contributed by atoms with Crippen molar-refractivity contribution in [1.82, 2.24) is 10.6 Å². The van der Waals surface area contributed by atoms with Crippen LogP contribution in [0.4, 0.5) is 17.6 Å². The zero-order valence-electron chi connectivity index (χ0n) is 20.2. The number of ether oxygens (including phenoxy) is 2.